The molecule has 0 spiro atoms. The van der Waals surface area contributed by atoms with Gasteiger partial charge in [0.2, 0.25) is 15.9 Å². The Bertz CT molecular complexity index is 942. The molecule has 0 radical (unpaired) electrons. The van der Waals surface area contributed by atoms with Crippen LogP contribution in [0.3, 0.4) is 0 Å². The topological polar surface area (TPSA) is 88.5 Å². The van der Waals surface area contributed by atoms with Crippen molar-refractivity contribution in [3.05, 3.63) is 51.1 Å². The van der Waals surface area contributed by atoms with Crippen molar-refractivity contribution in [1.82, 2.24) is 14.2 Å². The van der Waals surface area contributed by atoms with Crippen molar-refractivity contribution < 1.29 is 13.2 Å². The number of aryl methyl sites for hydroxylation is 1. The third-order valence-corrected chi connectivity index (χ3v) is 7.17. The van der Waals surface area contributed by atoms with E-state index in [-0.39, 0.29) is 28.1 Å². The first-order valence-corrected chi connectivity index (χ1v) is 11.2. The summed E-state index contributed by atoms with van der Waals surface area (Å²) < 4.78 is 29.1. The van der Waals surface area contributed by atoms with E-state index < -0.39 is 10.0 Å². The Morgan fingerprint density at radius 3 is 2.48 bits per heavy atom. The van der Waals surface area contributed by atoms with E-state index in [1.54, 1.807) is 45.2 Å². The van der Waals surface area contributed by atoms with Crippen molar-refractivity contribution in [2.75, 3.05) is 13.1 Å². The molecule has 3 rings (SSSR count). The predicted molar refractivity (Wildman–Crippen MR) is 104 cm³/mol. The molecule has 1 N–H and O–H groups in total. The number of amides is 1. The number of carbonyl (C=O) groups excluding carboxylic acids is 1. The Hall–Kier alpha value is -1.97. The number of thiazole rings is 1. The summed E-state index contributed by atoms with van der Waals surface area (Å²) in [6.07, 6.45) is 1.43. The van der Waals surface area contributed by atoms with Crippen LogP contribution in [0.2, 0.25) is 0 Å². The van der Waals surface area contributed by atoms with Crippen molar-refractivity contribution in [3.63, 3.8) is 0 Å². The fourth-order valence-electron chi connectivity index (χ4n) is 3.17. The highest BCUT2D eigenvalue weighted by atomic mass is 32.2. The fraction of sp³-hybridized carbons (Fsp3) is 0.444. The van der Waals surface area contributed by atoms with Crippen LogP contribution in [0.5, 0.6) is 0 Å². The van der Waals surface area contributed by atoms with Crippen LogP contribution in [0.15, 0.2) is 45.4 Å². The first-order chi connectivity index (χ1) is 12.9. The normalized spacial score (nSPS) is 15.8. The van der Waals surface area contributed by atoms with Crippen molar-refractivity contribution in [1.29, 1.82) is 0 Å². The number of likely N-dealkylation sites (tertiary alicyclic amines) is 1. The van der Waals surface area contributed by atoms with Gasteiger partial charge in [-0.25, -0.2) is 13.1 Å². The van der Waals surface area contributed by atoms with Crippen LogP contribution in [0.1, 0.15) is 25.0 Å². The highest BCUT2D eigenvalue weighted by Gasteiger charge is 2.26. The summed E-state index contributed by atoms with van der Waals surface area (Å²) in [4.78, 5) is 26.1. The second-order valence-corrected chi connectivity index (χ2v) is 9.17. The van der Waals surface area contributed by atoms with Gasteiger partial charge in [-0.3, -0.25) is 9.59 Å². The number of hydrogen-bond donors (Lipinski definition) is 1. The zero-order valence-corrected chi connectivity index (χ0v) is 16.8. The van der Waals surface area contributed by atoms with Crippen LogP contribution < -0.4 is 9.60 Å². The van der Waals surface area contributed by atoms with Gasteiger partial charge in [-0.2, -0.15) is 0 Å². The minimum atomic E-state index is -3.54. The van der Waals surface area contributed by atoms with E-state index in [0.717, 1.165) is 17.0 Å². The van der Waals surface area contributed by atoms with E-state index in [1.807, 2.05) is 6.92 Å². The Balaban J connectivity index is 1.50. The van der Waals surface area contributed by atoms with Gasteiger partial charge in [0.25, 0.3) is 0 Å². The van der Waals surface area contributed by atoms with E-state index in [0.29, 0.717) is 32.5 Å². The number of benzene rings is 1. The third-order valence-electron chi connectivity index (χ3n) is 4.75. The lowest BCUT2D eigenvalue weighted by Crippen LogP contribution is -2.46. The molecular weight excluding hydrogens is 386 g/mol. The lowest BCUT2D eigenvalue weighted by molar-refractivity contribution is -0.132. The number of rotatable bonds is 6. The molecule has 9 heteroatoms. The summed E-state index contributed by atoms with van der Waals surface area (Å²) in [6.45, 7) is 3.26. The molecule has 1 saturated heterocycles. The highest BCUT2D eigenvalue weighted by Crippen LogP contribution is 2.16. The van der Waals surface area contributed by atoms with E-state index in [9.17, 15) is 18.0 Å². The molecule has 0 aliphatic carbocycles. The molecule has 2 heterocycles. The molecule has 7 nitrogen and oxygen atoms in total. The van der Waals surface area contributed by atoms with E-state index in [4.69, 9.17) is 0 Å². The van der Waals surface area contributed by atoms with Gasteiger partial charge in [0.1, 0.15) is 0 Å². The number of nitrogens with one attached hydrogen (secondary N) is 1. The summed E-state index contributed by atoms with van der Waals surface area (Å²) >= 11 is 1.14. The number of carbonyl (C=O) groups is 1. The van der Waals surface area contributed by atoms with E-state index in [1.165, 1.54) is 0 Å². The van der Waals surface area contributed by atoms with Crippen LogP contribution in [-0.4, -0.2) is 42.9 Å². The van der Waals surface area contributed by atoms with Crippen LogP contribution in [0, 0.1) is 6.92 Å². The minimum Gasteiger partial charge on any atom is -0.343 e. The monoisotopic (exact) mass is 409 g/mol. The molecule has 1 aliphatic rings. The maximum absolute atomic E-state index is 12.4. The summed E-state index contributed by atoms with van der Waals surface area (Å²) in [5, 5.41) is 1.79. The van der Waals surface area contributed by atoms with Crippen molar-refractivity contribution >= 4 is 27.3 Å². The van der Waals surface area contributed by atoms with Gasteiger partial charge in [0.15, 0.2) is 0 Å². The third kappa shape index (κ3) is 4.85. The second-order valence-electron chi connectivity index (χ2n) is 6.63. The van der Waals surface area contributed by atoms with E-state index >= 15 is 0 Å². The fourth-order valence-corrected chi connectivity index (χ4v) is 5.26. The molecule has 1 fully saturated rings. The van der Waals surface area contributed by atoms with Crippen molar-refractivity contribution in [2.45, 2.75) is 43.7 Å². The summed E-state index contributed by atoms with van der Waals surface area (Å²) in [7, 11) is -3.54. The molecule has 0 atom stereocenters. The number of hydrogen-bond acceptors (Lipinski definition) is 5. The predicted octanol–water partition coefficient (Wildman–Crippen LogP) is 1.58. The highest BCUT2D eigenvalue weighted by molar-refractivity contribution is 7.89. The van der Waals surface area contributed by atoms with Gasteiger partial charge >= 0.3 is 4.87 Å². The molecule has 27 heavy (non-hydrogen) atoms. The molecular formula is C18H23N3O4S2. The van der Waals surface area contributed by atoms with Crippen LogP contribution in [-0.2, 0) is 21.4 Å². The molecule has 1 amide bonds. The van der Waals surface area contributed by atoms with E-state index in [2.05, 4.69) is 4.72 Å². The number of sulfonamides is 1. The van der Waals surface area contributed by atoms with Crippen LogP contribution >= 0.6 is 11.3 Å². The molecule has 1 aromatic carbocycles. The summed E-state index contributed by atoms with van der Waals surface area (Å²) in [5.74, 6) is -0.00290. The van der Waals surface area contributed by atoms with Gasteiger partial charge in [0, 0.05) is 43.2 Å². The number of nitrogens with zero attached hydrogens (tertiary/aromatic N) is 2. The Morgan fingerprint density at radius 2 is 1.89 bits per heavy atom. The average Bonchev–Trinajstić information content (AvgIpc) is 2.98. The van der Waals surface area contributed by atoms with Gasteiger partial charge in [-0.15, -0.1) is 0 Å². The van der Waals surface area contributed by atoms with Gasteiger partial charge in [0.05, 0.1) is 4.90 Å². The zero-order valence-electron chi connectivity index (χ0n) is 15.1. The number of aromatic nitrogens is 1. The Labute approximate surface area is 162 Å². The van der Waals surface area contributed by atoms with Gasteiger partial charge in [-0.05, 0) is 31.9 Å². The largest absolute Gasteiger partial charge is 0.343 e. The molecule has 146 valence electrons. The lowest BCUT2D eigenvalue weighted by Gasteiger charge is -2.32. The summed E-state index contributed by atoms with van der Waals surface area (Å²) in [6, 6.07) is 8.10. The summed E-state index contributed by atoms with van der Waals surface area (Å²) in [5.41, 5.74) is 0.867. The molecule has 1 aliphatic heterocycles. The lowest BCUT2D eigenvalue weighted by atomic mass is 10.1. The number of piperidine rings is 1. The van der Waals surface area contributed by atoms with Crippen molar-refractivity contribution in [3.8, 4) is 0 Å². The van der Waals surface area contributed by atoms with Crippen LogP contribution in [0.4, 0.5) is 0 Å². The Morgan fingerprint density at radius 1 is 1.22 bits per heavy atom. The first kappa shape index (κ1) is 19.8. The first-order valence-electron chi connectivity index (χ1n) is 8.87. The average molecular weight is 410 g/mol. The SMILES string of the molecule is Cc1csc(=O)n1CCC(=O)N1CCC(NS(=O)(=O)c2ccccc2)CC1. The standard InChI is InChI=1S/C18H23N3O4S2/c1-14-13-26-18(23)21(14)12-9-17(22)20-10-7-15(8-11-20)19-27(24,25)16-5-3-2-4-6-16/h2-6,13,15,19H,7-12H2,1H3. The molecule has 0 bridgehead atoms. The molecule has 1 aromatic heterocycles. The van der Waals surface area contributed by atoms with Crippen LogP contribution in [0.25, 0.3) is 0 Å². The van der Waals surface area contributed by atoms with Crippen molar-refractivity contribution in [2.24, 2.45) is 0 Å². The molecule has 0 unspecified atom stereocenters. The maximum atomic E-state index is 12.4. The molecule has 2 aromatic rings. The smallest absolute Gasteiger partial charge is 0.307 e. The Kier molecular flexibility index (Phi) is 6.13. The maximum Gasteiger partial charge on any atom is 0.307 e. The zero-order chi connectivity index (χ0) is 19.4. The quantitative estimate of drug-likeness (QED) is 0.785. The van der Waals surface area contributed by atoms with Gasteiger partial charge < -0.3 is 9.47 Å². The van der Waals surface area contributed by atoms with Gasteiger partial charge in [-0.1, -0.05) is 29.5 Å². The minimum absolute atomic E-state index is 0.00290. The second kappa shape index (κ2) is 8.37. The molecule has 0 saturated carbocycles.